The summed E-state index contributed by atoms with van der Waals surface area (Å²) in [6, 6.07) is 11.3. The van der Waals surface area contributed by atoms with Crippen molar-refractivity contribution in [1.82, 2.24) is 4.90 Å². The lowest BCUT2D eigenvalue weighted by Gasteiger charge is -2.14. The van der Waals surface area contributed by atoms with Crippen LogP contribution in [0.1, 0.15) is 43.6 Å². The number of imide groups is 1. The highest BCUT2D eigenvalue weighted by molar-refractivity contribution is 6.22. The maximum Gasteiger partial charge on any atom is 0.338 e. The fourth-order valence-corrected chi connectivity index (χ4v) is 2.88. The summed E-state index contributed by atoms with van der Waals surface area (Å²) in [6.45, 7) is 7.00. The number of hydrogen-bond acceptors (Lipinski definition) is 5. The van der Waals surface area contributed by atoms with Crippen molar-refractivity contribution in [3.05, 3.63) is 77.4 Å². The molecule has 0 fully saturated rings. The molecule has 148 valence electrons. The van der Waals surface area contributed by atoms with E-state index in [4.69, 9.17) is 4.74 Å². The summed E-state index contributed by atoms with van der Waals surface area (Å²) in [5.74, 6) is -2.17. The van der Waals surface area contributed by atoms with Crippen molar-refractivity contribution in [2.45, 2.75) is 20.0 Å². The Morgan fingerprint density at radius 3 is 2.41 bits per heavy atom. The standard InChI is InChI=1S/C22H20N2O5/c1-4-11-24-20(26)17-10-7-15(12-18(17)21(24)27)22(28)29-14(3)19(25)23-16-8-5-13(2)6-9-16/h4-10,12,14H,1,11H2,2-3H3,(H,23,25). The SMILES string of the molecule is C=CCN1C(=O)c2ccc(C(=O)OC(C)C(=O)Nc3ccc(C)cc3)cc2C1=O. The number of ether oxygens (including phenoxy) is 1. The first-order chi connectivity index (χ1) is 13.8. The van der Waals surface area contributed by atoms with Crippen LogP contribution in [0.3, 0.4) is 0 Å². The lowest BCUT2D eigenvalue weighted by molar-refractivity contribution is -0.123. The lowest BCUT2D eigenvalue weighted by Crippen LogP contribution is -2.30. The number of hydrogen-bond donors (Lipinski definition) is 1. The van der Waals surface area contributed by atoms with Crippen LogP contribution >= 0.6 is 0 Å². The van der Waals surface area contributed by atoms with Crippen molar-refractivity contribution in [2.75, 3.05) is 11.9 Å². The zero-order chi connectivity index (χ0) is 21.1. The molecule has 0 aromatic heterocycles. The van der Waals surface area contributed by atoms with Gasteiger partial charge in [0.05, 0.1) is 16.7 Å². The molecule has 7 heteroatoms. The molecule has 29 heavy (non-hydrogen) atoms. The molecule has 0 aliphatic carbocycles. The molecule has 0 radical (unpaired) electrons. The number of anilines is 1. The Hall–Kier alpha value is -3.74. The molecule has 2 aromatic rings. The van der Waals surface area contributed by atoms with Gasteiger partial charge in [-0.05, 0) is 44.2 Å². The van der Waals surface area contributed by atoms with E-state index < -0.39 is 29.8 Å². The largest absolute Gasteiger partial charge is 0.449 e. The number of nitrogens with zero attached hydrogens (tertiary/aromatic N) is 1. The molecule has 3 rings (SSSR count). The topological polar surface area (TPSA) is 92.8 Å². The smallest absolute Gasteiger partial charge is 0.338 e. The van der Waals surface area contributed by atoms with Gasteiger partial charge in [-0.15, -0.1) is 6.58 Å². The molecule has 1 aliphatic rings. The Bertz CT molecular complexity index is 1010. The number of amides is 3. The van der Waals surface area contributed by atoms with E-state index in [1.807, 2.05) is 19.1 Å². The average Bonchev–Trinajstić information content (AvgIpc) is 2.94. The zero-order valence-electron chi connectivity index (χ0n) is 16.1. The van der Waals surface area contributed by atoms with Crippen LogP contribution in [-0.2, 0) is 9.53 Å². The summed E-state index contributed by atoms with van der Waals surface area (Å²) < 4.78 is 5.21. The Kier molecular flexibility index (Phi) is 5.59. The molecule has 3 amide bonds. The molecule has 0 saturated heterocycles. The van der Waals surface area contributed by atoms with Gasteiger partial charge in [0.2, 0.25) is 0 Å². The number of aryl methyl sites for hydroxylation is 1. The van der Waals surface area contributed by atoms with Gasteiger partial charge in [0.15, 0.2) is 6.10 Å². The van der Waals surface area contributed by atoms with Gasteiger partial charge in [-0.1, -0.05) is 23.8 Å². The van der Waals surface area contributed by atoms with Gasteiger partial charge < -0.3 is 10.1 Å². The molecular formula is C22H20N2O5. The summed E-state index contributed by atoms with van der Waals surface area (Å²) in [6.07, 6.45) is 0.400. The van der Waals surface area contributed by atoms with E-state index in [1.54, 1.807) is 12.1 Å². The second-order valence-corrected chi connectivity index (χ2v) is 6.67. The second-order valence-electron chi connectivity index (χ2n) is 6.67. The predicted octanol–water partition coefficient (Wildman–Crippen LogP) is 2.96. The third kappa shape index (κ3) is 4.08. The van der Waals surface area contributed by atoms with Crippen LogP contribution in [-0.4, -0.2) is 41.2 Å². The molecule has 1 heterocycles. The van der Waals surface area contributed by atoms with E-state index in [-0.39, 0.29) is 23.2 Å². The molecule has 2 aromatic carbocycles. The van der Waals surface area contributed by atoms with Gasteiger partial charge in [-0.2, -0.15) is 0 Å². The van der Waals surface area contributed by atoms with Crippen LogP contribution in [0.25, 0.3) is 0 Å². The Morgan fingerprint density at radius 1 is 1.10 bits per heavy atom. The normalized spacial score (nSPS) is 13.7. The van der Waals surface area contributed by atoms with Gasteiger partial charge in [-0.3, -0.25) is 19.3 Å². The van der Waals surface area contributed by atoms with Crippen LogP contribution < -0.4 is 5.32 Å². The van der Waals surface area contributed by atoms with Crippen molar-refractivity contribution >= 4 is 29.4 Å². The number of esters is 1. The number of fused-ring (bicyclic) bond motifs is 1. The molecule has 7 nitrogen and oxygen atoms in total. The summed E-state index contributed by atoms with van der Waals surface area (Å²) in [7, 11) is 0. The maximum absolute atomic E-state index is 12.4. The molecular weight excluding hydrogens is 372 g/mol. The van der Waals surface area contributed by atoms with Crippen molar-refractivity contribution < 1.29 is 23.9 Å². The van der Waals surface area contributed by atoms with Crippen molar-refractivity contribution in [3.8, 4) is 0 Å². The van der Waals surface area contributed by atoms with Gasteiger partial charge in [0, 0.05) is 12.2 Å². The predicted molar refractivity (Wildman–Crippen MR) is 107 cm³/mol. The monoisotopic (exact) mass is 392 g/mol. The van der Waals surface area contributed by atoms with Crippen molar-refractivity contribution in [3.63, 3.8) is 0 Å². The second kappa shape index (κ2) is 8.10. The van der Waals surface area contributed by atoms with Crippen molar-refractivity contribution in [2.24, 2.45) is 0 Å². The maximum atomic E-state index is 12.4. The van der Waals surface area contributed by atoms with E-state index in [0.29, 0.717) is 5.69 Å². The van der Waals surface area contributed by atoms with Crippen molar-refractivity contribution in [1.29, 1.82) is 0 Å². The minimum atomic E-state index is -1.05. The third-order valence-corrected chi connectivity index (χ3v) is 4.49. The lowest BCUT2D eigenvalue weighted by atomic mass is 10.1. The number of rotatable bonds is 6. The fourth-order valence-electron chi connectivity index (χ4n) is 2.88. The zero-order valence-corrected chi connectivity index (χ0v) is 16.1. The number of carbonyl (C=O) groups is 4. The molecule has 0 bridgehead atoms. The average molecular weight is 392 g/mol. The quantitative estimate of drug-likeness (QED) is 0.463. The van der Waals surface area contributed by atoms with Gasteiger partial charge in [0.1, 0.15) is 0 Å². The molecule has 1 aliphatic heterocycles. The highest BCUT2D eigenvalue weighted by Crippen LogP contribution is 2.24. The molecule has 0 spiro atoms. The van der Waals surface area contributed by atoms with E-state index in [0.717, 1.165) is 10.5 Å². The Morgan fingerprint density at radius 2 is 1.76 bits per heavy atom. The Balaban J connectivity index is 1.69. The van der Waals surface area contributed by atoms with Gasteiger partial charge >= 0.3 is 5.97 Å². The highest BCUT2D eigenvalue weighted by atomic mass is 16.5. The first-order valence-electron chi connectivity index (χ1n) is 9.01. The van der Waals surface area contributed by atoms with E-state index in [2.05, 4.69) is 11.9 Å². The van der Waals surface area contributed by atoms with E-state index in [1.165, 1.54) is 31.2 Å². The Labute approximate surface area is 168 Å². The van der Waals surface area contributed by atoms with Crippen LogP contribution in [0.4, 0.5) is 5.69 Å². The van der Waals surface area contributed by atoms with Crippen LogP contribution in [0, 0.1) is 6.92 Å². The van der Waals surface area contributed by atoms with E-state index in [9.17, 15) is 19.2 Å². The minimum absolute atomic E-state index is 0.0836. The summed E-state index contributed by atoms with van der Waals surface area (Å²) in [4.78, 5) is 50.3. The first kappa shape index (κ1) is 20.0. The summed E-state index contributed by atoms with van der Waals surface area (Å²) in [5.41, 5.74) is 2.08. The van der Waals surface area contributed by atoms with Crippen LogP contribution in [0.15, 0.2) is 55.1 Å². The highest BCUT2D eigenvalue weighted by Gasteiger charge is 2.35. The number of benzene rings is 2. The van der Waals surface area contributed by atoms with Gasteiger partial charge in [-0.25, -0.2) is 4.79 Å². The fraction of sp³-hybridized carbons (Fsp3) is 0.182. The number of nitrogens with one attached hydrogen (secondary N) is 1. The third-order valence-electron chi connectivity index (χ3n) is 4.49. The summed E-state index contributed by atoms with van der Waals surface area (Å²) >= 11 is 0. The first-order valence-corrected chi connectivity index (χ1v) is 9.01. The molecule has 1 atom stereocenters. The molecule has 1 N–H and O–H groups in total. The molecule has 1 unspecified atom stereocenters. The number of carbonyl (C=O) groups excluding carboxylic acids is 4. The van der Waals surface area contributed by atoms with Gasteiger partial charge in [0.25, 0.3) is 17.7 Å². The molecule has 0 saturated carbocycles. The summed E-state index contributed by atoms with van der Waals surface area (Å²) in [5, 5.41) is 2.67. The van der Waals surface area contributed by atoms with E-state index >= 15 is 0 Å². The minimum Gasteiger partial charge on any atom is -0.449 e. The van der Waals surface area contributed by atoms with Crippen LogP contribution in [0.5, 0.6) is 0 Å². The van der Waals surface area contributed by atoms with Crippen LogP contribution in [0.2, 0.25) is 0 Å².